The predicted molar refractivity (Wildman–Crippen MR) is 73.6 cm³/mol. The largest absolute Gasteiger partial charge is 0.479 e. The summed E-state index contributed by atoms with van der Waals surface area (Å²) in [5.41, 5.74) is -1.89. The number of likely N-dealkylation sites (N-methyl/N-ethyl adjacent to an activating group) is 1. The molecular weight excluding hydrogens is 262 g/mol. The summed E-state index contributed by atoms with van der Waals surface area (Å²) in [6, 6.07) is 0. The van der Waals surface area contributed by atoms with Crippen LogP contribution in [0.25, 0.3) is 0 Å². The van der Waals surface area contributed by atoms with Crippen LogP contribution in [0.2, 0.25) is 0 Å². The number of hydrogen-bond acceptors (Lipinski definition) is 4. The molecule has 2 unspecified atom stereocenters. The molecule has 1 fully saturated rings. The number of carbonyl (C=O) groups is 2. The molecular formula is C14H25NO5. The Morgan fingerprint density at radius 2 is 2.05 bits per heavy atom. The molecule has 0 radical (unpaired) electrons. The average molecular weight is 287 g/mol. The Balaban J connectivity index is 3.04. The second-order valence-corrected chi connectivity index (χ2v) is 6.20. The second kappa shape index (κ2) is 5.99. The molecule has 1 N–H and O–H groups in total. The molecule has 1 saturated heterocycles. The maximum absolute atomic E-state index is 12.3. The zero-order chi connectivity index (χ0) is 15.6. The van der Waals surface area contributed by atoms with Gasteiger partial charge in [0.2, 0.25) is 0 Å². The van der Waals surface area contributed by atoms with Crippen LogP contribution in [0.1, 0.15) is 47.5 Å². The highest BCUT2D eigenvalue weighted by molar-refractivity contribution is 5.84. The van der Waals surface area contributed by atoms with Crippen molar-refractivity contribution < 1.29 is 24.2 Å². The van der Waals surface area contributed by atoms with Crippen molar-refractivity contribution >= 4 is 12.1 Å². The Morgan fingerprint density at radius 3 is 2.45 bits per heavy atom. The summed E-state index contributed by atoms with van der Waals surface area (Å²) in [7, 11) is 0. The first-order valence-electron chi connectivity index (χ1n) is 6.98. The number of nitrogens with zero attached hydrogens (tertiary/aromatic N) is 1. The molecule has 0 aliphatic carbocycles. The van der Waals surface area contributed by atoms with Gasteiger partial charge in [0.1, 0.15) is 11.1 Å². The number of rotatable bonds is 3. The molecule has 0 aromatic heterocycles. The number of amides is 1. The number of ether oxygens (including phenoxy) is 2. The monoisotopic (exact) mass is 287 g/mol. The van der Waals surface area contributed by atoms with Crippen LogP contribution in [-0.4, -0.2) is 52.5 Å². The van der Waals surface area contributed by atoms with Gasteiger partial charge in [-0.15, -0.1) is 0 Å². The Morgan fingerprint density at radius 1 is 1.45 bits per heavy atom. The van der Waals surface area contributed by atoms with E-state index in [1.165, 1.54) is 4.90 Å². The summed E-state index contributed by atoms with van der Waals surface area (Å²) in [6.45, 7) is 9.48. The van der Waals surface area contributed by atoms with Crippen molar-refractivity contribution in [2.45, 2.75) is 64.7 Å². The Labute approximate surface area is 120 Å². The lowest BCUT2D eigenvalue weighted by atomic mass is 9.85. The summed E-state index contributed by atoms with van der Waals surface area (Å²) in [4.78, 5) is 25.4. The van der Waals surface area contributed by atoms with Crippen LogP contribution < -0.4 is 0 Å². The van der Waals surface area contributed by atoms with E-state index in [9.17, 15) is 14.7 Å². The number of carbonyl (C=O) groups excluding carboxylic acids is 1. The van der Waals surface area contributed by atoms with Gasteiger partial charge in [-0.25, -0.2) is 9.59 Å². The van der Waals surface area contributed by atoms with Gasteiger partial charge < -0.3 is 14.6 Å². The van der Waals surface area contributed by atoms with Crippen molar-refractivity contribution in [3.8, 4) is 0 Å². The van der Waals surface area contributed by atoms with E-state index in [1.54, 1.807) is 27.7 Å². The van der Waals surface area contributed by atoms with Crippen molar-refractivity contribution in [3.05, 3.63) is 0 Å². The van der Waals surface area contributed by atoms with E-state index >= 15 is 0 Å². The Kier molecular flexibility index (Phi) is 5.02. The van der Waals surface area contributed by atoms with Crippen molar-refractivity contribution in [1.82, 2.24) is 4.90 Å². The second-order valence-electron chi connectivity index (χ2n) is 6.20. The fraction of sp³-hybridized carbons (Fsp3) is 0.857. The highest BCUT2D eigenvalue weighted by atomic mass is 16.6. The van der Waals surface area contributed by atoms with E-state index in [0.717, 1.165) is 0 Å². The van der Waals surface area contributed by atoms with E-state index in [2.05, 4.69) is 0 Å². The van der Waals surface area contributed by atoms with Crippen molar-refractivity contribution in [1.29, 1.82) is 0 Å². The summed E-state index contributed by atoms with van der Waals surface area (Å²) in [5, 5.41) is 9.65. The fourth-order valence-corrected chi connectivity index (χ4v) is 2.54. The average Bonchev–Trinajstić information content (AvgIpc) is 2.27. The molecule has 0 aromatic carbocycles. The Hall–Kier alpha value is -1.30. The molecule has 1 rings (SSSR count). The molecule has 0 spiro atoms. The van der Waals surface area contributed by atoms with Gasteiger partial charge >= 0.3 is 12.1 Å². The van der Waals surface area contributed by atoms with E-state index in [0.29, 0.717) is 6.61 Å². The van der Waals surface area contributed by atoms with Crippen LogP contribution in [0.5, 0.6) is 0 Å². The predicted octanol–water partition coefficient (Wildman–Crippen LogP) is 2.27. The SMILES string of the molecule is CCN(C(=O)OC(C)(C)C)C1(C(=O)O)CCOC(C)C1. The molecule has 2 atom stereocenters. The third-order valence-corrected chi connectivity index (χ3v) is 3.39. The molecule has 0 aromatic rings. The fourth-order valence-electron chi connectivity index (χ4n) is 2.54. The number of carboxylic acids is 1. The minimum absolute atomic E-state index is 0.198. The van der Waals surface area contributed by atoms with Gasteiger partial charge in [-0.3, -0.25) is 4.90 Å². The quantitative estimate of drug-likeness (QED) is 0.861. The molecule has 1 aliphatic heterocycles. The standard InChI is InChI=1S/C14H25NO5/c1-6-15(12(18)20-13(3,4)5)14(11(16)17)7-8-19-10(2)9-14/h10H,6-9H2,1-5H3,(H,16,17). The molecule has 6 nitrogen and oxygen atoms in total. The van der Waals surface area contributed by atoms with E-state index in [-0.39, 0.29) is 25.5 Å². The lowest BCUT2D eigenvalue weighted by Crippen LogP contribution is -2.61. The van der Waals surface area contributed by atoms with Crippen LogP contribution in [-0.2, 0) is 14.3 Å². The van der Waals surface area contributed by atoms with Gasteiger partial charge in [-0.05, 0) is 34.6 Å². The van der Waals surface area contributed by atoms with Crippen LogP contribution >= 0.6 is 0 Å². The molecule has 20 heavy (non-hydrogen) atoms. The topological polar surface area (TPSA) is 76.1 Å². The van der Waals surface area contributed by atoms with Crippen LogP contribution in [0.3, 0.4) is 0 Å². The first-order chi connectivity index (χ1) is 9.12. The van der Waals surface area contributed by atoms with Gasteiger partial charge in [-0.1, -0.05) is 0 Å². The van der Waals surface area contributed by atoms with Crippen LogP contribution in [0, 0.1) is 0 Å². The number of aliphatic carboxylic acids is 1. The third-order valence-electron chi connectivity index (χ3n) is 3.39. The lowest BCUT2D eigenvalue weighted by molar-refractivity contribution is -0.161. The summed E-state index contributed by atoms with van der Waals surface area (Å²) in [6.07, 6.45) is -0.234. The first-order valence-corrected chi connectivity index (χ1v) is 6.98. The van der Waals surface area contributed by atoms with Gasteiger partial charge in [0, 0.05) is 26.0 Å². The maximum Gasteiger partial charge on any atom is 0.411 e. The van der Waals surface area contributed by atoms with E-state index in [1.807, 2.05) is 6.92 Å². The molecule has 0 bridgehead atoms. The highest BCUT2D eigenvalue weighted by Gasteiger charge is 2.50. The first kappa shape index (κ1) is 16.8. The molecule has 0 saturated carbocycles. The molecule has 1 amide bonds. The van der Waals surface area contributed by atoms with Crippen LogP contribution in [0.15, 0.2) is 0 Å². The minimum atomic E-state index is -1.24. The summed E-state index contributed by atoms with van der Waals surface area (Å²) < 4.78 is 10.8. The third kappa shape index (κ3) is 3.62. The Bertz CT molecular complexity index is 376. The summed E-state index contributed by atoms with van der Waals surface area (Å²) in [5.74, 6) is -1.000. The molecule has 116 valence electrons. The maximum atomic E-state index is 12.3. The molecule has 1 aliphatic rings. The van der Waals surface area contributed by atoms with Gasteiger partial charge in [0.15, 0.2) is 0 Å². The summed E-state index contributed by atoms with van der Waals surface area (Å²) >= 11 is 0. The van der Waals surface area contributed by atoms with Crippen molar-refractivity contribution in [2.75, 3.05) is 13.2 Å². The minimum Gasteiger partial charge on any atom is -0.479 e. The van der Waals surface area contributed by atoms with Gasteiger partial charge in [-0.2, -0.15) is 0 Å². The number of carboxylic acid groups (broad SMARTS) is 1. The normalized spacial score (nSPS) is 26.9. The lowest BCUT2D eigenvalue weighted by Gasteiger charge is -2.44. The highest BCUT2D eigenvalue weighted by Crippen LogP contribution is 2.32. The smallest absolute Gasteiger partial charge is 0.411 e. The van der Waals surface area contributed by atoms with Gasteiger partial charge in [0.05, 0.1) is 6.10 Å². The number of hydrogen-bond donors (Lipinski definition) is 1. The molecule has 6 heteroatoms. The zero-order valence-corrected chi connectivity index (χ0v) is 12.9. The molecule has 1 heterocycles. The van der Waals surface area contributed by atoms with Crippen molar-refractivity contribution in [2.24, 2.45) is 0 Å². The zero-order valence-electron chi connectivity index (χ0n) is 12.9. The van der Waals surface area contributed by atoms with Gasteiger partial charge in [0.25, 0.3) is 0 Å². The van der Waals surface area contributed by atoms with Crippen LogP contribution in [0.4, 0.5) is 4.79 Å². The van der Waals surface area contributed by atoms with Crippen molar-refractivity contribution in [3.63, 3.8) is 0 Å². The van der Waals surface area contributed by atoms with E-state index in [4.69, 9.17) is 9.47 Å². The van der Waals surface area contributed by atoms with E-state index < -0.39 is 23.2 Å².